The first-order valence-corrected chi connectivity index (χ1v) is 7.38. The van der Waals surface area contributed by atoms with E-state index in [0.717, 1.165) is 12.0 Å². The highest BCUT2D eigenvalue weighted by Crippen LogP contribution is 2.14. The molecule has 0 heterocycles. The topological polar surface area (TPSA) is 43.1 Å². The molecule has 4 heteroatoms. The second-order valence-electron chi connectivity index (χ2n) is 4.39. The summed E-state index contributed by atoms with van der Waals surface area (Å²) in [5, 5.41) is 0. The highest BCUT2D eigenvalue weighted by atomic mass is 32.2. The molecule has 0 spiro atoms. The summed E-state index contributed by atoms with van der Waals surface area (Å²) in [6, 6.07) is 4.78. The van der Waals surface area contributed by atoms with Crippen LogP contribution in [0.3, 0.4) is 0 Å². The summed E-state index contributed by atoms with van der Waals surface area (Å²) in [6.45, 7) is 4.51. The molecule has 2 unspecified atom stereocenters. The Morgan fingerprint density at radius 3 is 2.76 bits per heavy atom. The molecule has 0 bridgehead atoms. The van der Waals surface area contributed by atoms with Gasteiger partial charge in [0, 0.05) is 28.7 Å². The van der Waals surface area contributed by atoms with Crippen molar-refractivity contribution in [2.75, 3.05) is 5.75 Å². The van der Waals surface area contributed by atoms with Crippen molar-refractivity contribution >= 4 is 10.8 Å². The van der Waals surface area contributed by atoms with Gasteiger partial charge in [-0.3, -0.25) is 4.21 Å². The second-order valence-corrected chi connectivity index (χ2v) is 5.90. The third-order valence-electron chi connectivity index (χ3n) is 2.83. The van der Waals surface area contributed by atoms with E-state index in [4.69, 9.17) is 5.73 Å². The van der Waals surface area contributed by atoms with Gasteiger partial charge in [-0.25, -0.2) is 4.39 Å². The smallest absolute Gasteiger partial charge is 0.127 e. The van der Waals surface area contributed by atoms with Gasteiger partial charge in [-0.1, -0.05) is 32.4 Å². The van der Waals surface area contributed by atoms with Crippen LogP contribution in [0.4, 0.5) is 4.39 Å². The molecule has 2 atom stereocenters. The Morgan fingerprint density at radius 1 is 1.47 bits per heavy atom. The predicted molar refractivity (Wildman–Crippen MR) is 70.5 cm³/mol. The van der Waals surface area contributed by atoms with E-state index in [9.17, 15) is 8.60 Å². The van der Waals surface area contributed by atoms with Crippen LogP contribution >= 0.6 is 0 Å². The van der Waals surface area contributed by atoms with Gasteiger partial charge >= 0.3 is 0 Å². The molecule has 96 valence electrons. The van der Waals surface area contributed by atoms with Gasteiger partial charge in [0.1, 0.15) is 5.82 Å². The van der Waals surface area contributed by atoms with Crippen LogP contribution in [0.2, 0.25) is 0 Å². The summed E-state index contributed by atoms with van der Waals surface area (Å²) in [6.07, 6.45) is 0.997. The molecule has 0 amide bonds. The maximum Gasteiger partial charge on any atom is 0.127 e. The molecule has 2 N–H and O–H groups in total. The molecular formula is C13H20FNOS. The van der Waals surface area contributed by atoms with Crippen LogP contribution < -0.4 is 5.73 Å². The molecule has 0 saturated carbocycles. The van der Waals surface area contributed by atoms with Crippen molar-refractivity contribution in [1.82, 2.24) is 0 Å². The number of hydrogen-bond donors (Lipinski definition) is 1. The van der Waals surface area contributed by atoms with Crippen LogP contribution in [0.1, 0.15) is 31.4 Å². The molecule has 0 aliphatic rings. The Kier molecular flexibility index (Phi) is 5.78. The fraction of sp³-hybridized carbons (Fsp3) is 0.538. The molecule has 0 aliphatic heterocycles. The van der Waals surface area contributed by atoms with Crippen molar-refractivity contribution in [2.24, 2.45) is 11.7 Å². The molecule has 2 nitrogen and oxygen atoms in total. The average Bonchev–Trinajstić information content (AvgIpc) is 2.31. The van der Waals surface area contributed by atoms with Crippen molar-refractivity contribution < 1.29 is 8.60 Å². The highest BCUT2D eigenvalue weighted by molar-refractivity contribution is 7.84. The summed E-state index contributed by atoms with van der Waals surface area (Å²) in [4.78, 5) is 0. The van der Waals surface area contributed by atoms with Gasteiger partial charge in [0.15, 0.2) is 0 Å². The number of rotatable bonds is 6. The quantitative estimate of drug-likeness (QED) is 0.851. The van der Waals surface area contributed by atoms with Gasteiger partial charge < -0.3 is 5.73 Å². The predicted octanol–water partition coefficient (Wildman–Crippen LogP) is 2.58. The van der Waals surface area contributed by atoms with Crippen LogP contribution in [0.25, 0.3) is 0 Å². The fourth-order valence-corrected chi connectivity index (χ4v) is 3.09. The van der Waals surface area contributed by atoms with Gasteiger partial charge in [0.05, 0.1) is 5.75 Å². The van der Waals surface area contributed by atoms with Crippen molar-refractivity contribution in [3.05, 3.63) is 35.1 Å². The van der Waals surface area contributed by atoms with Crippen molar-refractivity contribution in [3.8, 4) is 0 Å². The van der Waals surface area contributed by atoms with E-state index >= 15 is 0 Å². The van der Waals surface area contributed by atoms with E-state index in [0.29, 0.717) is 23.8 Å². The summed E-state index contributed by atoms with van der Waals surface area (Å²) >= 11 is 0. The average molecular weight is 257 g/mol. The summed E-state index contributed by atoms with van der Waals surface area (Å²) in [5.74, 6) is 1.03. The molecule has 0 saturated heterocycles. The molecule has 0 aliphatic carbocycles. The number of halogens is 1. The third-order valence-corrected chi connectivity index (χ3v) is 4.40. The largest absolute Gasteiger partial charge is 0.326 e. The Bertz CT molecular complexity index is 395. The van der Waals surface area contributed by atoms with Gasteiger partial charge in [-0.15, -0.1) is 0 Å². The molecule has 0 radical (unpaired) electrons. The molecule has 1 rings (SSSR count). The number of benzene rings is 1. The van der Waals surface area contributed by atoms with Crippen molar-refractivity contribution in [3.63, 3.8) is 0 Å². The Balaban J connectivity index is 2.70. The zero-order valence-corrected chi connectivity index (χ0v) is 11.2. The molecule has 0 fully saturated rings. The normalized spacial score (nSPS) is 14.6. The lowest BCUT2D eigenvalue weighted by atomic mass is 10.1. The van der Waals surface area contributed by atoms with Gasteiger partial charge in [-0.2, -0.15) is 0 Å². The molecule has 17 heavy (non-hydrogen) atoms. The minimum atomic E-state index is -1.00. The first-order chi connectivity index (χ1) is 8.06. The standard InChI is InChI=1S/C13H20FNOS/c1-3-10(2)8-17(16)9-12-6-11(7-15)4-5-13(12)14/h4-6,10H,3,7-9,15H2,1-2H3. The van der Waals surface area contributed by atoms with Crippen molar-refractivity contribution in [2.45, 2.75) is 32.6 Å². The van der Waals surface area contributed by atoms with Crippen LogP contribution in [0.15, 0.2) is 18.2 Å². The van der Waals surface area contributed by atoms with E-state index in [1.165, 1.54) is 6.07 Å². The summed E-state index contributed by atoms with van der Waals surface area (Å²) < 4.78 is 25.4. The summed E-state index contributed by atoms with van der Waals surface area (Å²) in [5.41, 5.74) is 6.89. The first kappa shape index (κ1) is 14.3. The van der Waals surface area contributed by atoms with E-state index in [-0.39, 0.29) is 11.6 Å². The fourth-order valence-electron chi connectivity index (χ4n) is 1.53. The zero-order chi connectivity index (χ0) is 12.8. The molecule has 1 aromatic rings. The zero-order valence-electron chi connectivity index (χ0n) is 10.4. The maximum absolute atomic E-state index is 13.5. The van der Waals surface area contributed by atoms with E-state index in [1.807, 2.05) is 0 Å². The van der Waals surface area contributed by atoms with E-state index < -0.39 is 10.8 Å². The lowest BCUT2D eigenvalue weighted by Gasteiger charge is -2.09. The van der Waals surface area contributed by atoms with Gasteiger partial charge in [-0.05, 0) is 17.5 Å². The monoisotopic (exact) mass is 257 g/mol. The van der Waals surface area contributed by atoms with Gasteiger partial charge in [0.25, 0.3) is 0 Å². The molecule has 1 aromatic carbocycles. The second kappa shape index (κ2) is 6.87. The van der Waals surface area contributed by atoms with Gasteiger partial charge in [0.2, 0.25) is 0 Å². The third kappa shape index (κ3) is 4.56. The maximum atomic E-state index is 13.5. The highest BCUT2D eigenvalue weighted by Gasteiger charge is 2.10. The van der Waals surface area contributed by atoms with Crippen LogP contribution in [0, 0.1) is 11.7 Å². The van der Waals surface area contributed by atoms with E-state index in [2.05, 4.69) is 13.8 Å². The SMILES string of the molecule is CCC(C)CS(=O)Cc1cc(CN)ccc1F. The Labute approximate surface area is 105 Å². The van der Waals surface area contributed by atoms with Crippen LogP contribution in [-0.2, 0) is 23.1 Å². The lowest BCUT2D eigenvalue weighted by Crippen LogP contribution is -2.10. The minimum absolute atomic E-state index is 0.282. The molecule has 0 aromatic heterocycles. The lowest BCUT2D eigenvalue weighted by molar-refractivity contribution is 0.606. The van der Waals surface area contributed by atoms with Crippen LogP contribution in [-0.4, -0.2) is 9.96 Å². The van der Waals surface area contributed by atoms with Crippen LogP contribution in [0.5, 0.6) is 0 Å². The molecular weight excluding hydrogens is 237 g/mol. The Hall–Kier alpha value is -0.740. The minimum Gasteiger partial charge on any atom is -0.326 e. The first-order valence-electron chi connectivity index (χ1n) is 5.89. The van der Waals surface area contributed by atoms with Crippen molar-refractivity contribution in [1.29, 1.82) is 0 Å². The van der Waals surface area contributed by atoms with E-state index in [1.54, 1.807) is 12.1 Å². The number of nitrogens with two attached hydrogens (primary N) is 1. The Morgan fingerprint density at radius 2 is 2.18 bits per heavy atom. The number of hydrogen-bond acceptors (Lipinski definition) is 2. The summed E-state index contributed by atoms with van der Waals surface area (Å²) in [7, 11) is -1.00.